The van der Waals surface area contributed by atoms with Crippen molar-refractivity contribution in [1.29, 1.82) is 0 Å². The number of benzene rings is 1. The van der Waals surface area contributed by atoms with Crippen LogP contribution in [0.3, 0.4) is 0 Å². The maximum atomic E-state index is 10.2. The van der Waals surface area contributed by atoms with Crippen LogP contribution in [0.4, 0.5) is 0 Å². The molecule has 0 unspecified atom stereocenters. The van der Waals surface area contributed by atoms with Crippen LogP contribution in [-0.4, -0.2) is 41.2 Å². The molecule has 0 radical (unpaired) electrons. The van der Waals surface area contributed by atoms with Crippen LogP contribution in [0.15, 0.2) is 29.3 Å². The Labute approximate surface area is 126 Å². The molecular weight excluding hydrogens is 262 g/mol. The maximum Gasteiger partial charge on any atom is 0.194 e. The zero-order valence-electron chi connectivity index (χ0n) is 12.8. The summed E-state index contributed by atoms with van der Waals surface area (Å²) in [6, 6.07) is 8.63. The SMILES string of the molecule is CCNC(=NCC1(O)CCC1)N1CCc2ccccc2C1. The van der Waals surface area contributed by atoms with Gasteiger partial charge in [-0.2, -0.15) is 0 Å². The van der Waals surface area contributed by atoms with E-state index in [2.05, 4.69) is 46.4 Å². The standard InChI is InChI=1S/C17H25N3O/c1-2-18-16(19-13-17(21)9-5-10-17)20-11-8-14-6-3-4-7-15(14)12-20/h3-4,6-7,21H,2,5,8-13H2,1H3,(H,18,19). The van der Waals surface area contributed by atoms with E-state index in [0.717, 1.165) is 51.3 Å². The van der Waals surface area contributed by atoms with Gasteiger partial charge in [-0.3, -0.25) is 4.99 Å². The third-order valence-corrected chi connectivity index (χ3v) is 4.57. The van der Waals surface area contributed by atoms with Crippen LogP contribution >= 0.6 is 0 Å². The van der Waals surface area contributed by atoms with Gasteiger partial charge in [0.05, 0.1) is 12.1 Å². The number of aliphatic hydroxyl groups is 1. The molecule has 2 aliphatic rings. The van der Waals surface area contributed by atoms with E-state index in [0.29, 0.717) is 6.54 Å². The number of guanidine groups is 1. The third-order valence-electron chi connectivity index (χ3n) is 4.57. The minimum Gasteiger partial charge on any atom is -0.388 e. The lowest BCUT2D eigenvalue weighted by Crippen LogP contribution is -2.46. The van der Waals surface area contributed by atoms with Crippen LogP contribution in [-0.2, 0) is 13.0 Å². The van der Waals surface area contributed by atoms with Crippen molar-refractivity contribution >= 4 is 5.96 Å². The fraction of sp³-hybridized carbons (Fsp3) is 0.588. The zero-order valence-corrected chi connectivity index (χ0v) is 12.8. The molecule has 1 saturated carbocycles. The topological polar surface area (TPSA) is 47.9 Å². The number of aliphatic imine (C=N–C) groups is 1. The molecule has 0 saturated heterocycles. The maximum absolute atomic E-state index is 10.2. The van der Waals surface area contributed by atoms with Crippen molar-refractivity contribution in [3.8, 4) is 0 Å². The van der Waals surface area contributed by atoms with Gasteiger partial charge in [-0.25, -0.2) is 0 Å². The van der Waals surface area contributed by atoms with Gasteiger partial charge in [0.1, 0.15) is 0 Å². The van der Waals surface area contributed by atoms with Gasteiger partial charge in [0.25, 0.3) is 0 Å². The number of nitrogens with one attached hydrogen (secondary N) is 1. The largest absolute Gasteiger partial charge is 0.388 e. The quantitative estimate of drug-likeness (QED) is 0.659. The molecule has 4 heteroatoms. The molecule has 1 fully saturated rings. The Morgan fingerprint density at radius 1 is 1.33 bits per heavy atom. The highest BCUT2D eigenvalue weighted by molar-refractivity contribution is 5.80. The Bertz CT molecular complexity index is 523. The second-order valence-electron chi connectivity index (χ2n) is 6.19. The molecule has 0 atom stereocenters. The summed E-state index contributed by atoms with van der Waals surface area (Å²) in [6.45, 7) is 5.36. The van der Waals surface area contributed by atoms with Gasteiger partial charge in [-0.1, -0.05) is 24.3 Å². The van der Waals surface area contributed by atoms with Crippen molar-refractivity contribution in [2.75, 3.05) is 19.6 Å². The van der Waals surface area contributed by atoms with Gasteiger partial charge < -0.3 is 15.3 Å². The van der Waals surface area contributed by atoms with Crippen molar-refractivity contribution < 1.29 is 5.11 Å². The summed E-state index contributed by atoms with van der Waals surface area (Å²) < 4.78 is 0. The summed E-state index contributed by atoms with van der Waals surface area (Å²) in [7, 11) is 0. The number of hydrogen-bond donors (Lipinski definition) is 2. The molecule has 0 bridgehead atoms. The molecule has 1 aromatic carbocycles. The van der Waals surface area contributed by atoms with Gasteiger partial charge in [0, 0.05) is 19.6 Å². The van der Waals surface area contributed by atoms with Crippen molar-refractivity contribution in [2.24, 2.45) is 4.99 Å². The third kappa shape index (κ3) is 3.21. The number of nitrogens with zero attached hydrogens (tertiary/aromatic N) is 2. The minimum absolute atomic E-state index is 0.521. The monoisotopic (exact) mass is 287 g/mol. The molecule has 21 heavy (non-hydrogen) atoms. The van der Waals surface area contributed by atoms with Crippen LogP contribution < -0.4 is 5.32 Å². The van der Waals surface area contributed by atoms with Gasteiger partial charge in [-0.05, 0) is 43.7 Å². The zero-order chi connectivity index (χ0) is 14.7. The number of fused-ring (bicyclic) bond motifs is 1. The fourth-order valence-electron chi connectivity index (χ4n) is 3.07. The highest BCUT2D eigenvalue weighted by Crippen LogP contribution is 2.31. The lowest BCUT2D eigenvalue weighted by molar-refractivity contribution is -0.0237. The Hall–Kier alpha value is -1.55. The Kier molecular flexibility index (Phi) is 4.15. The second kappa shape index (κ2) is 6.06. The first-order valence-corrected chi connectivity index (χ1v) is 8.03. The Balaban J connectivity index is 1.71. The van der Waals surface area contributed by atoms with E-state index in [9.17, 15) is 5.11 Å². The Morgan fingerprint density at radius 2 is 2.10 bits per heavy atom. The van der Waals surface area contributed by atoms with Gasteiger partial charge in [0.15, 0.2) is 5.96 Å². The average molecular weight is 287 g/mol. The van der Waals surface area contributed by atoms with Crippen molar-refractivity contribution in [1.82, 2.24) is 10.2 Å². The molecule has 2 N–H and O–H groups in total. The highest BCUT2D eigenvalue weighted by Gasteiger charge is 2.34. The summed E-state index contributed by atoms with van der Waals surface area (Å²) in [5, 5.41) is 13.6. The molecule has 1 heterocycles. The number of rotatable bonds is 3. The van der Waals surface area contributed by atoms with Crippen LogP contribution in [0.2, 0.25) is 0 Å². The van der Waals surface area contributed by atoms with Crippen molar-refractivity contribution in [3.05, 3.63) is 35.4 Å². The van der Waals surface area contributed by atoms with Gasteiger partial charge >= 0.3 is 0 Å². The minimum atomic E-state index is -0.547. The Morgan fingerprint density at radius 3 is 2.76 bits per heavy atom. The molecule has 1 aromatic rings. The van der Waals surface area contributed by atoms with E-state index in [-0.39, 0.29) is 0 Å². The van der Waals surface area contributed by atoms with Crippen LogP contribution in [0.25, 0.3) is 0 Å². The molecule has 114 valence electrons. The molecule has 1 aliphatic carbocycles. The summed E-state index contributed by atoms with van der Waals surface area (Å²) in [4.78, 5) is 6.98. The predicted octanol–water partition coefficient (Wildman–Crippen LogP) is 1.93. The van der Waals surface area contributed by atoms with E-state index in [1.165, 1.54) is 11.1 Å². The summed E-state index contributed by atoms with van der Waals surface area (Å²) in [6.07, 6.45) is 3.96. The van der Waals surface area contributed by atoms with Crippen LogP contribution in [0.5, 0.6) is 0 Å². The highest BCUT2D eigenvalue weighted by atomic mass is 16.3. The normalized spacial score (nSPS) is 20.7. The predicted molar refractivity (Wildman–Crippen MR) is 85.3 cm³/mol. The molecule has 1 aliphatic heterocycles. The first kappa shape index (κ1) is 14.4. The van der Waals surface area contributed by atoms with E-state index >= 15 is 0 Å². The first-order chi connectivity index (χ1) is 10.2. The van der Waals surface area contributed by atoms with E-state index in [4.69, 9.17) is 0 Å². The average Bonchev–Trinajstić information content (AvgIpc) is 2.49. The van der Waals surface area contributed by atoms with Gasteiger partial charge in [-0.15, -0.1) is 0 Å². The van der Waals surface area contributed by atoms with E-state index in [1.54, 1.807) is 0 Å². The van der Waals surface area contributed by atoms with Crippen LogP contribution in [0, 0.1) is 0 Å². The molecule has 3 rings (SSSR count). The van der Waals surface area contributed by atoms with Gasteiger partial charge in [0.2, 0.25) is 0 Å². The molecular formula is C17H25N3O. The molecule has 4 nitrogen and oxygen atoms in total. The summed E-state index contributed by atoms with van der Waals surface area (Å²) in [5.74, 6) is 0.937. The lowest BCUT2D eigenvalue weighted by Gasteiger charge is -2.36. The molecule has 0 aromatic heterocycles. The lowest BCUT2D eigenvalue weighted by atomic mass is 9.80. The summed E-state index contributed by atoms with van der Waals surface area (Å²) in [5.41, 5.74) is 2.29. The fourth-order valence-corrected chi connectivity index (χ4v) is 3.07. The number of hydrogen-bond acceptors (Lipinski definition) is 2. The van der Waals surface area contributed by atoms with Crippen molar-refractivity contribution in [2.45, 2.75) is 44.8 Å². The van der Waals surface area contributed by atoms with E-state index < -0.39 is 5.60 Å². The van der Waals surface area contributed by atoms with Crippen molar-refractivity contribution in [3.63, 3.8) is 0 Å². The summed E-state index contributed by atoms with van der Waals surface area (Å²) >= 11 is 0. The molecule has 0 amide bonds. The first-order valence-electron chi connectivity index (χ1n) is 8.03. The van der Waals surface area contributed by atoms with E-state index in [1.807, 2.05) is 0 Å². The smallest absolute Gasteiger partial charge is 0.194 e. The molecule has 0 spiro atoms. The second-order valence-corrected chi connectivity index (χ2v) is 6.19. The van der Waals surface area contributed by atoms with Crippen LogP contribution in [0.1, 0.15) is 37.3 Å².